The highest BCUT2D eigenvalue weighted by Gasteiger charge is 2.38. The standard InChI is InChI=1S/C23H14Cl2N4O5S/c1-28-19-11(10-26-23(27-19)35(2,33)34)9-14(20(28)30)17-15(24)7-8-16(18(17)25)29-21(31)12-5-3-4-6-13(12)22(29)32/h3-10H,1-2H3. The summed E-state index contributed by atoms with van der Waals surface area (Å²) in [7, 11) is -2.28. The van der Waals surface area contributed by atoms with Gasteiger partial charge in [-0.3, -0.25) is 19.0 Å². The van der Waals surface area contributed by atoms with Crippen LogP contribution in [0.25, 0.3) is 22.2 Å². The van der Waals surface area contributed by atoms with E-state index in [4.69, 9.17) is 23.2 Å². The molecule has 0 saturated heterocycles. The van der Waals surface area contributed by atoms with E-state index in [0.29, 0.717) is 5.39 Å². The van der Waals surface area contributed by atoms with Crippen molar-refractivity contribution < 1.29 is 18.0 Å². The van der Waals surface area contributed by atoms with Gasteiger partial charge in [-0.05, 0) is 30.3 Å². The normalized spacial score (nSPS) is 13.5. The molecule has 5 rings (SSSR count). The molecule has 1 aliphatic heterocycles. The van der Waals surface area contributed by atoms with E-state index in [1.54, 1.807) is 24.3 Å². The zero-order valence-electron chi connectivity index (χ0n) is 18.1. The first kappa shape index (κ1) is 23.2. The molecule has 4 aromatic rings. The van der Waals surface area contributed by atoms with Gasteiger partial charge in [0.05, 0.1) is 32.4 Å². The Morgan fingerprint density at radius 3 is 2.14 bits per heavy atom. The van der Waals surface area contributed by atoms with E-state index in [1.807, 2.05) is 0 Å². The van der Waals surface area contributed by atoms with Crippen molar-refractivity contribution in [2.75, 3.05) is 11.2 Å². The Balaban J connectivity index is 1.72. The lowest BCUT2D eigenvalue weighted by Gasteiger charge is -2.19. The zero-order valence-corrected chi connectivity index (χ0v) is 20.4. The van der Waals surface area contributed by atoms with Crippen LogP contribution in [0.5, 0.6) is 0 Å². The quantitative estimate of drug-likeness (QED) is 0.294. The van der Waals surface area contributed by atoms with Crippen LogP contribution in [0.3, 0.4) is 0 Å². The van der Waals surface area contributed by atoms with Gasteiger partial charge in [-0.15, -0.1) is 0 Å². The molecule has 0 spiro atoms. The number of aromatic nitrogens is 3. The topological polar surface area (TPSA) is 119 Å². The lowest BCUT2D eigenvalue weighted by molar-refractivity contribution is 0.0926. The van der Waals surface area contributed by atoms with E-state index < -0.39 is 32.4 Å². The van der Waals surface area contributed by atoms with Crippen LogP contribution in [0.15, 0.2) is 58.6 Å². The van der Waals surface area contributed by atoms with Crippen LogP contribution in [0.4, 0.5) is 5.69 Å². The number of sulfone groups is 1. The fraction of sp³-hybridized carbons (Fsp3) is 0.0870. The van der Waals surface area contributed by atoms with E-state index >= 15 is 0 Å². The van der Waals surface area contributed by atoms with Crippen LogP contribution in [-0.4, -0.2) is 41.0 Å². The third-order valence-electron chi connectivity index (χ3n) is 5.63. The number of benzene rings is 2. The zero-order chi connectivity index (χ0) is 25.2. The Labute approximate surface area is 208 Å². The average Bonchev–Trinajstić information content (AvgIpc) is 3.07. The second-order valence-electron chi connectivity index (χ2n) is 7.87. The Bertz CT molecular complexity index is 1750. The van der Waals surface area contributed by atoms with Crippen molar-refractivity contribution in [3.63, 3.8) is 0 Å². The summed E-state index contributed by atoms with van der Waals surface area (Å²) in [5, 5.41) is -0.0261. The van der Waals surface area contributed by atoms with Gasteiger partial charge in [0.2, 0.25) is 15.0 Å². The minimum atomic E-state index is -3.70. The number of pyridine rings is 1. The summed E-state index contributed by atoms with van der Waals surface area (Å²) in [5.74, 6) is -1.09. The number of carbonyl (C=O) groups is 2. The van der Waals surface area contributed by atoms with Gasteiger partial charge in [0.1, 0.15) is 5.65 Å². The molecule has 0 N–H and O–H groups in total. The average molecular weight is 529 g/mol. The molecule has 0 aliphatic carbocycles. The molecular weight excluding hydrogens is 515 g/mol. The largest absolute Gasteiger partial charge is 0.295 e. The molecule has 0 atom stereocenters. The summed E-state index contributed by atoms with van der Waals surface area (Å²) >= 11 is 13.1. The number of rotatable bonds is 3. The van der Waals surface area contributed by atoms with E-state index in [-0.39, 0.29) is 43.6 Å². The van der Waals surface area contributed by atoms with Crippen molar-refractivity contribution in [2.45, 2.75) is 5.16 Å². The van der Waals surface area contributed by atoms with Crippen LogP contribution in [0.2, 0.25) is 10.0 Å². The van der Waals surface area contributed by atoms with E-state index in [2.05, 4.69) is 9.97 Å². The monoisotopic (exact) mass is 528 g/mol. The lowest BCUT2D eigenvalue weighted by atomic mass is 10.0. The number of amides is 2. The van der Waals surface area contributed by atoms with Crippen LogP contribution in [0, 0.1) is 0 Å². The molecule has 3 heterocycles. The van der Waals surface area contributed by atoms with Crippen molar-refractivity contribution in [1.29, 1.82) is 0 Å². The first-order valence-electron chi connectivity index (χ1n) is 10.0. The van der Waals surface area contributed by atoms with Gasteiger partial charge in [-0.1, -0.05) is 35.3 Å². The van der Waals surface area contributed by atoms with Gasteiger partial charge in [0.15, 0.2) is 0 Å². The number of hydrogen-bond acceptors (Lipinski definition) is 7. The lowest BCUT2D eigenvalue weighted by Crippen LogP contribution is -2.30. The summed E-state index contributed by atoms with van der Waals surface area (Å²) in [6, 6.07) is 10.7. The van der Waals surface area contributed by atoms with Gasteiger partial charge in [0, 0.05) is 30.4 Å². The SMILES string of the molecule is Cn1c(=O)c(-c2c(Cl)ccc(N3C(=O)c4ccccc4C3=O)c2Cl)cc2cnc(S(C)(=O)=O)nc21. The number of aryl methyl sites for hydroxylation is 1. The molecule has 35 heavy (non-hydrogen) atoms. The number of carbonyl (C=O) groups excluding carboxylic acids is 2. The molecule has 12 heteroatoms. The molecule has 2 aromatic heterocycles. The van der Waals surface area contributed by atoms with E-state index in [9.17, 15) is 22.8 Å². The maximum absolute atomic E-state index is 13.3. The fourth-order valence-electron chi connectivity index (χ4n) is 3.96. The molecule has 9 nitrogen and oxygen atoms in total. The number of anilines is 1. The second kappa shape index (κ2) is 7.98. The van der Waals surface area contributed by atoms with Crippen LogP contribution in [0.1, 0.15) is 20.7 Å². The Hall–Kier alpha value is -3.60. The number of imide groups is 1. The predicted molar refractivity (Wildman–Crippen MR) is 131 cm³/mol. The van der Waals surface area contributed by atoms with Crippen LogP contribution >= 0.6 is 23.2 Å². The highest BCUT2D eigenvalue weighted by Crippen LogP contribution is 2.42. The Morgan fingerprint density at radius 1 is 0.914 bits per heavy atom. The summed E-state index contributed by atoms with van der Waals surface area (Å²) in [5.41, 5.74) is 0.247. The molecule has 0 saturated carbocycles. The van der Waals surface area contributed by atoms with Gasteiger partial charge < -0.3 is 0 Å². The maximum Gasteiger partial charge on any atom is 0.266 e. The Morgan fingerprint density at radius 2 is 1.54 bits per heavy atom. The number of fused-ring (bicyclic) bond motifs is 2. The van der Waals surface area contributed by atoms with Crippen molar-refractivity contribution in [1.82, 2.24) is 14.5 Å². The summed E-state index contributed by atoms with van der Waals surface area (Å²) < 4.78 is 24.8. The van der Waals surface area contributed by atoms with Gasteiger partial charge in [-0.2, -0.15) is 4.98 Å². The van der Waals surface area contributed by atoms with Crippen molar-refractivity contribution in [2.24, 2.45) is 7.05 Å². The summed E-state index contributed by atoms with van der Waals surface area (Å²) in [4.78, 5) is 48.1. The number of nitrogens with zero attached hydrogens (tertiary/aromatic N) is 4. The van der Waals surface area contributed by atoms with Crippen molar-refractivity contribution in [3.8, 4) is 11.1 Å². The van der Waals surface area contributed by atoms with Crippen molar-refractivity contribution >= 4 is 61.6 Å². The third-order valence-corrected chi connectivity index (χ3v) is 7.19. The highest BCUT2D eigenvalue weighted by atomic mass is 35.5. The van der Waals surface area contributed by atoms with E-state index in [0.717, 1.165) is 15.7 Å². The number of hydrogen-bond donors (Lipinski definition) is 0. The predicted octanol–water partition coefficient (Wildman–Crippen LogP) is 3.51. The van der Waals surface area contributed by atoms with Gasteiger partial charge in [-0.25, -0.2) is 18.3 Å². The Kier molecular flexibility index (Phi) is 5.28. The molecular formula is C23H14Cl2N4O5S. The molecule has 2 amide bonds. The second-order valence-corrected chi connectivity index (χ2v) is 10.6. The molecule has 0 unspecified atom stereocenters. The fourth-order valence-corrected chi connectivity index (χ4v) is 5.11. The molecule has 0 fully saturated rings. The van der Waals surface area contributed by atoms with Gasteiger partial charge >= 0.3 is 0 Å². The molecule has 2 aromatic carbocycles. The summed E-state index contributed by atoms with van der Waals surface area (Å²) in [6.07, 6.45) is 2.24. The number of halogens is 2. The first-order valence-corrected chi connectivity index (χ1v) is 12.7. The molecule has 176 valence electrons. The highest BCUT2D eigenvalue weighted by molar-refractivity contribution is 7.90. The van der Waals surface area contributed by atoms with Crippen LogP contribution in [-0.2, 0) is 16.9 Å². The van der Waals surface area contributed by atoms with Crippen molar-refractivity contribution in [3.05, 3.63) is 80.2 Å². The molecule has 0 radical (unpaired) electrons. The third kappa shape index (κ3) is 3.53. The minimum absolute atomic E-state index is 0.0594. The molecule has 0 bridgehead atoms. The van der Waals surface area contributed by atoms with Gasteiger partial charge in [0.25, 0.3) is 17.4 Å². The smallest absolute Gasteiger partial charge is 0.266 e. The van der Waals surface area contributed by atoms with Crippen LogP contribution < -0.4 is 10.5 Å². The summed E-state index contributed by atoms with van der Waals surface area (Å²) in [6.45, 7) is 0. The maximum atomic E-state index is 13.3. The molecule has 1 aliphatic rings. The van der Waals surface area contributed by atoms with E-state index in [1.165, 1.54) is 31.4 Å². The minimum Gasteiger partial charge on any atom is -0.295 e. The first-order chi connectivity index (χ1) is 16.5.